The zero-order valence-electron chi connectivity index (χ0n) is 8.76. The lowest BCUT2D eigenvalue weighted by atomic mass is 10.2. The summed E-state index contributed by atoms with van der Waals surface area (Å²) in [5.41, 5.74) is 2.25. The number of carbonyl (C=O) groups excluding carboxylic acids is 1. The molecule has 0 bridgehead atoms. The van der Waals surface area contributed by atoms with Crippen LogP contribution in [0, 0.1) is 0 Å². The van der Waals surface area contributed by atoms with Crippen molar-refractivity contribution in [1.82, 2.24) is 10.4 Å². The number of amides is 1. The van der Waals surface area contributed by atoms with Gasteiger partial charge in [0.2, 0.25) is 0 Å². The third kappa shape index (κ3) is 4.12. The molecule has 0 aliphatic heterocycles. The van der Waals surface area contributed by atoms with Crippen LogP contribution < -0.4 is 5.43 Å². The van der Waals surface area contributed by atoms with Crippen molar-refractivity contribution in [2.24, 2.45) is 0 Å². The first kappa shape index (κ1) is 10.3. The van der Waals surface area contributed by atoms with E-state index in [0.717, 1.165) is 12.8 Å². The molecule has 0 heterocycles. The second-order valence-corrected chi connectivity index (χ2v) is 4.46. The topological polar surface area (TPSA) is 41.6 Å². The van der Waals surface area contributed by atoms with Crippen molar-refractivity contribution in [1.29, 1.82) is 0 Å². The van der Waals surface area contributed by atoms with E-state index in [4.69, 9.17) is 4.74 Å². The lowest BCUT2D eigenvalue weighted by molar-refractivity contribution is 0.0358. The monoisotopic (exact) mass is 186 g/mol. The van der Waals surface area contributed by atoms with E-state index < -0.39 is 5.60 Å². The van der Waals surface area contributed by atoms with Gasteiger partial charge in [0.05, 0.1) is 0 Å². The quantitative estimate of drug-likeness (QED) is 0.665. The summed E-state index contributed by atoms with van der Waals surface area (Å²) < 4.78 is 5.09. The average Bonchev–Trinajstić information content (AvgIpc) is 2.60. The molecule has 0 unspecified atom stereocenters. The van der Waals surface area contributed by atoms with Crippen molar-refractivity contribution in [2.45, 2.75) is 45.3 Å². The number of carbonyl (C=O) groups is 1. The van der Waals surface area contributed by atoms with Gasteiger partial charge in [-0.25, -0.2) is 9.80 Å². The van der Waals surface area contributed by atoms with Crippen LogP contribution in [0.3, 0.4) is 0 Å². The van der Waals surface area contributed by atoms with Crippen molar-refractivity contribution >= 4 is 6.09 Å². The van der Waals surface area contributed by atoms with Crippen molar-refractivity contribution in [2.75, 3.05) is 7.05 Å². The summed E-state index contributed by atoms with van der Waals surface area (Å²) in [6, 6.07) is 0.507. The molecule has 1 fully saturated rings. The molecule has 4 heteroatoms. The maximum absolute atomic E-state index is 11.2. The van der Waals surface area contributed by atoms with Crippen molar-refractivity contribution in [3.63, 3.8) is 0 Å². The van der Waals surface area contributed by atoms with Gasteiger partial charge >= 0.3 is 6.09 Å². The number of hydrogen-bond donors (Lipinski definition) is 1. The minimum atomic E-state index is -0.422. The third-order valence-corrected chi connectivity index (χ3v) is 1.76. The van der Waals surface area contributed by atoms with Crippen LogP contribution in [-0.2, 0) is 4.74 Å². The molecule has 1 saturated carbocycles. The van der Waals surface area contributed by atoms with E-state index in [0.29, 0.717) is 6.04 Å². The predicted molar refractivity (Wildman–Crippen MR) is 50.2 cm³/mol. The van der Waals surface area contributed by atoms with E-state index in [1.165, 1.54) is 0 Å². The van der Waals surface area contributed by atoms with Gasteiger partial charge in [0.15, 0.2) is 0 Å². The van der Waals surface area contributed by atoms with Crippen LogP contribution in [0.15, 0.2) is 0 Å². The molecule has 1 aliphatic carbocycles. The van der Waals surface area contributed by atoms with Gasteiger partial charge in [-0.3, -0.25) is 5.43 Å². The van der Waals surface area contributed by atoms with Crippen LogP contribution >= 0.6 is 0 Å². The molecular formula is C9H18N2O2. The van der Waals surface area contributed by atoms with Crippen molar-refractivity contribution in [3.8, 4) is 0 Å². The van der Waals surface area contributed by atoms with Crippen LogP contribution in [-0.4, -0.2) is 29.8 Å². The first-order valence-corrected chi connectivity index (χ1v) is 4.61. The summed E-state index contributed by atoms with van der Waals surface area (Å²) >= 11 is 0. The Kier molecular flexibility index (Phi) is 2.81. The Balaban J connectivity index is 2.24. The van der Waals surface area contributed by atoms with Gasteiger partial charge in [-0.1, -0.05) is 0 Å². The second-order valence-electron chi connectivity index (χ2n) is 4.46. The zero-order valence-corrected chi connectivity index (χ0v) is 8.76. The first-order valence-electron chi connectivity index (χ1n) is 4.61. The van der Waals surface area contributed by atoms with Gasteiger partial charge in [-0.05, 0) is 33.6 Å². The number of nitrogens with one attached hydrogen (secondary N) is 1. The zero-order chi connectivity index (χ0) is 10.1. The lowest BCUT2D eigenvalue weighted by Gasteiger charge is -2.23. The maximum Gasteiger partial charge on any atom is 0.422 e. The smallest absolute Gasteiger partial charge is 0.422 e. The molecule has 1 rings (SSSR count). The second kappa shape index (κ2) is 3.54. The van der Waals surface area contributed by atoms with Crippen molar-refractivity contribution in [3.05, 3.63) is 0 Å². The Morgan fingerprint density at radius 3 is 2.38 bits per heavy atom. The fraction of sp³-hybridized carbons (Fsp3) is 0.889. The van der Waals surface area contributed by atoms with Crippen LogP contribution in [0.4, 0.5) is 4.79 Å². The van der Waals surface area contributed by atoms with E-state index in [2.05, 4.69) is 5.43 Å². The summed E-state index contributed by atoms with van der Waals surface area (Å²) in [5, 5.41) is 1.81. The Hall–Kier alpha value is -0.770. The Morgan fingerprint density at radius 2 is 2.00 bits per heavy atom. The van der Waals surface area contributed by atoms with Gasteiger partial charge in [0.25, 0.3) is 0 Å². The highest BCUT2D eigenvalue weighted by Gasteiger charge is 2.28. The highest BCUT2D eigenvalue weighted by molar-refractivity contribution is 5.67. The minimum Gasteiger partial charge on any atom is -0.443 e. The lowest BCUT2D eigenvalue weighted by Crippen LogP contribution is -2.43. The van der Waals surface area contributed by atoms with Gasteiger partial charge in [-0.15, -0.1) is 0 Å². The third-order valence-electron chi connectivity index (χ3n) is 1.76. The number of ether oxygens (including phenoxy) is 1. The Bertz CT molecular complexity index is 194. The van der Waals surface area contributed by atoms with Gasteiger partial charge in [0.1, 0.15) is 5.60 Å². The fourth-order valence-electron chi connectivity index (χ4n) is 0.998. The summed E-state index contributed by atoms with van der Waals surface area (Å²) in [5.74, 6) is 0. The molecule has 1 amide bonds. The molecule has 0 aromatic carbocycles. The molecule has 0 saturated heterocycles. The molecule has 1 N–H and O–H groups in total. The number of nitrogens with zero attached hydrogens (tertiary/aromatic N) is 1. The number of hydrazine groups is 1. The van der Waals surface area contributed by atoms with Crippen LogP contribution in [0.1, 0.15) is 33.6 Å². The number of hydrogen-bond acceptors (Lipinski definition) is 3. The van der Waals surface area contributed by atoms with E-state index in [9.17, 15) is 4.79 Å². The average molecular weight is 186 g/mol. The summed E-state index contributed by atoms with van der Waals surface area (Å²) in [6.45, 7) is 5.55. The maximum atomic E-state index is 11.2. The summed E-state index contributed by atoms with van der Waals surface area (Å²) in [4.78, 5) is 11.2. The molecule has 0 aromatic rings. The Morgan fingerprint density at radius 1 is 1.46 bits per heavy atom. The molecular weight excluding hydrogens is 168 g/mol. The molecule has 0 radical (unpaired) electrons. The fourth-order valence-corrected chi connectivity index (χ4v) is 0.998. The molecule has 13 heavy (non-hydrogen) atoms. The molecule has 1 aliphatic rings. The van der Waals surface area contributed by atoms with Crippen LogP contribution in [0.25, 0.3) is 0 Å². The molecule has 0 spiro atoms. The molecule has 4 nitrogen and oxygen atoms in total. The van der Waals surface area contributed by atoms with E-state index >= 15 is 0 Å². The van der Waals surface area contributed by atoms with E-state index in [-0.39, 0.29) is 6.09 Å². The van der Waals surface area contributed by atoms with E-state index in [1.54, 1.807) is 0 Å². The van der Waals surface area contributed by atoms with Crippen LogP contribution in [0.2, 0.25) is 0 Å². The normalized spacial score (nSPS) is 17.3. The van der Waals surface area contributed by atoms with Gasteiger partial charge in [-0.2, -0.15) is 0 Å². The summed E-state index contributed by atoms with van der Waals surface area (Å²) in [7, 11) is 1.86. The predicted octanol–water partition coefficient (Wildman–Crippen LogP) is 1.52. The summed E-state index contributed by atoms with van der Waals surface area (Å²) in [6.07, 6.45) is 1.94. The van der Waals surface area contributed by atoms with Gasteiger partial charge < -0.3 is 4.74 Å². The number of rotatable bonds is 2. The molecule has 0 aromatic heterocycles. The highest BCUT2D eigenvalue weighted by atomic mass is 16.6. The molecule has 76 valence electrons. The highest BCUT2D eigenvalue weighted by Crippen LogP contribution is 2.23. The van der Waals surface area contributed by atoms with E-state index in [1.807, 2.05) is 32.8 Å². The minimum absolute atomic E-state index is 0.373. The standard InChI is InChI=1S/C9H18N2O2/c1-9(2,3)13-8(12)10-11(4)7-5-6-7/h7H,5-6H2,1-4H3,(H,10,12). The Labute approximate surface area is 79.2 Å². The first-order chi connectivity index (χ1) is 5.88. The van der Waals surface area contributed by atoms with Gasteiger partial charge in [0, 0.05) is 13.1 Å². The van der Waals surface area contributed by atoms with Crippen LogP contribution in [0.5, 0.6) is 0 Å². The molecule has 0 atom stereocenters. The van der Waals surface area contributed by atoms with Crippen molar-refractivity contribution < 1.29 is 9.53 Å². The SMILES string of the molecule is CN(NC(=O)OC(C)(C)C)C1CC1. The largest absolute Gasteiger partial charge is 0.443 e.